The Balaban J connectivity index is 1.56. The van der Waals surface area contributed by atoms with E-state index in [4.69, 9.17) is 39.5 Å². The van der Waals surface area contributed by atoms with Gasteiger partial charge >= 0.3 is 6.18 Å². The molecule has 0 saturated carbocycles. The van der Waals surface area contributed by atoms with Crippen molar-refractivity contribution in [3.05, 3.63) is 128 Å². The van der Waals surface area contributed by atoms with E-state index in [-0.39, 0.29) is 17.0 Å². The second-order valence-electron chi connectivity index (χ2n) is 7.89. The summed E-state index contributed by atoms with van der Waals surface area (Å²) in [5, 5.41) is 3.69. The lowest BCUT2D eigenvalue weighted by Crippen LogP contribution is -2.14. The van der Waals surface area contributed by atoms with Crippen LogP contribution in [0.15, 0.2) is 84.9 Å². The summed E-state index contributed by atoms with van der Waals surface area (Å²) >= 11 is 18.4. The highest BCUT2D eigenvalue weighted by Crippen LogP contribution is 2.36. The zero-order valence-corrected chi connectivity index (χ0v) is 20.9. The van der Waals surface area contributed by atoms with Crippen molar-refractivity contribution >= 4 is 46.4 Å². The third-order valence-electron chi connectivity index (χ3n) is 5.33. The van der Waals surface area contributed by atoms with Gasteiger partial charge in [0.25, 0.3) is 5.91 Å². The fourth-order valence-corrected chi connectivity index (χ4v) is 4.11. The van der Waals surface area contributed by atoms with Crippen LogP contribution in [-0.4, -0.2) is 5.91 Å². The summed E-state index contributed by atoms with van der Waals surface area (Å²) in [6.45, 7) is 0. The Morgan fingerprint density at radius 3 is 2.05 bits per heavy atom. The normalized spacial score (nSPS) is 12.2. The minimum absolute atomic E-state index is 0.0195. The van der Waals surface area contributed by atoms with Gasteiger partial charge in [-0.15, -0.1) is 0 Å². The van der Waals surface area contributed by atoms with Gasteiger partial charge in [-0.25, -0.2) is 4.39 Å². The van der Waals surface area contributed by atoms with E-state index in [0.29, 0.717) is 26.2 Å². The van der Waals surface area contributed by atoms with Crippen LogP contribution < -0.4 is 10.1 Å². The Morgan fingerprint density at radius 2 is 1.46 bits per heavy atom. The molecular formula is C27H16Cl3F4NO2. The molecule has 4 aromatic rings. The molecule has 1 atom stereocenters. The van der Waals surface area contributed by atoms with Crippen LogP contribution >= 0.6 is 34.8 Å². The summed E-state index contributed by atoms with van der Waals surface area (Å²) in [7, 11) is 0. The molecule has 0 heterocycles. The minimum atomic E-state index is -4.52. The number of anilines is 1. The first-order chi connectivity index (χ1) is 17.5. The number of benzene rings is 4. The molecule has 0 aromatic heterocycles. The Hall–Kier alpha value is -3.26. The topological polar surface area (TPSA) is 38.3 Å². The van der Waals surface area contributed by atoms with Crippen LogP contribution in [0.25, 0.3) is 0 Å². The summed E-state index contributed by atoms with van der Waals surface area (Å²) in [5.41, 5.74) is 0.365. The SMILES string of the molecule is O=C(Nc1ccc(OC(c2ccc(Cl)cc2)c2ccc(Cl)cc2Cl)c(F)c1)c1ccc(C(F)(F)F)cc1. The summed E-state index contributed by atoms with van der Waals surface area (Å²) in [6, 6.07) is 19.0. The number of halogens is 7. The lowest BCUT2D eigenvalue weighted by Gasteiger charge is -2.22. The van der Waals surface area contributed by atoms with Gasteiger partial charge in [0.15, 0.2) is 17.7 Å². The molecule has 190 valence electrons. The van der Waals surface area contributed by atoms with E-state index in [9.17, 15) is 18.0 Å². The Bertz CT molecular complexity index is 1430. The number of amides is 1. The van der Waals surface area contributed by atoms with Crippen molar-refractivity contribution in [3.8, 4) is 5.75 Å². The van der Waals surface area contributed by atoms with Gasteiger partial charge < -0.3 is 10.1 Å². The number of carbonyl (C=O) groups is 1. The van der Waals surface area contributed by atoms with E-state index in [0.717, 1.165) is 30.3 Å². The highest BCUT2D eigenvalue weighted by atomic mass is 35.5. The molecule has 0 bridgehead atoms. The smallest absolute Gasteiger partial charge is 0.416 e. The van der Waals surface area contributed by atoms with Crippen molar-refractivity contribution < 1.29 is 27.1 Å². The highest BCUT2D eigenvalue weighted by Gasteiger charge is 2.30. The number of ether oxygens (including phenoxy) is 1. The van der Waals surface area contributed by atoms with Crippen LogP contribution in [-0.2, 0) is 6.18 Å². The van der Waals surface area contributed by atoms with Gasteiger partial charge in [0, 0.05) is 37.9 Å². The van der Waals surface area contributed by atoms with Crippen LogP contribution in [0.5, 0.6) is 5.75 Å². The number of hydrogen-bond acceptors (Lipinski definition) is 2. The molecule has 0 radical (unpaired) electrons. The molecule has 3 nitrogen and oxygen atoms in total. The minimum Gasteiger partial charge on any atom is -0.478 e. The van der Waals surface area contributed by atoms with Crippen LogP contribution in [0.4, 0.5) is 23.2 Å². The molecule has 37 heavy (non-hydrogen) atoms. The number of carbonyl (C=O) groups excluding carboxylic acids is 1. The molecule has 1 amide bonds. The predicted molar refractivity (Wildman–Crippen MR) is 136 cm³/mol. The van der Waals surface area contributed by atoms with E-state index < -0.39 is 29.6 Å². The summed E-state index contributed by atoms with van der Waals surface area (Å²) in [5.74, 6) is -1.61. The van der Waals surface area contributed by atoms with Crippen LogP contribution in [0.1, 0.15) is 33.2 Å². The molecule has 0 spiro atoms. The van der Waals surface area contributed by atoms with E-state index >= 15 is 4.39 Å². The number of alkyl halides is 3. The quantitative estimate of drug-likeness (QED) is 0.236. The standard InChI is InChI=1S/C27H16Cl3F4NO2/c28-18-7-3-15(4-8-18)25(21-11-9-19(29)13-22(21)30)37-24-12-10-20(14-23(24)31)35-26(36)16-1-5-17(6-2-16)27(32,33)34/h1-14,25H,(H,35,36). The maximum Gasteiger partial charge on any atom is 0.416 e. The van der Waals surface area contributed by atoms with Gasteiger partial charge in [-0.05, 0) is 66.2 Å². The molecule has 1 unspecified atom stereocenters. The maximum absolute atomic E-state index is 15.0. The van der Waals surface area contributed by atoms with Gasteiger partial charge in [-0.2, -0.15) is 13.2 Å². The molecule has 0 aliphatic carbocycles. The number of rotatable bonds is 6. The summed E-state index contributed by atoms with van der Waals surface area (Å²) in [4.78, 5) is 12.4. The predicted octanol–water partition coefficient (Wildman–Crippen LogP) is 9.23. The van der Waals surface area contributed by atoms with Crippen molar-refractivity contribution in [2.45, 2.75) is 12.3 Å². The van der Waals surface area contributed by atoms with Gasteiger partial charge in [0.05, 0.1) is 5.56 Å². The average Bonchev–Trinajstić information content (AvgIpc) is 2.84. The van der Waals surface area contributed by atoms with Gasteiger partial charge in [-0.1, -0.05) is 53.0 Å². The lowest BCUT2D eigenvalue weighted by atomic mass is 10.0. The second kappa shape index (κ2) is 11.0. The number of hydrogen-bond donors (Lipinski definition) is 1. The molecule has 10 heteroatoms. The van der Waals surface area contributed by atoms with Crippen LogP contribution in [0.2, 0.25) is 15.1 Å². The first-order valence-corrected chi connectivity index (χ1v) is 11.8. The molecule has 0 fully saturated rings. The molecule has 0 saturated heterocycles. The van der Waals surface area contributed by atoms with Gasteiger partial charge in [0.2, 0.25) is 0 Å². The molecule has 4 rings (SSSR count). The van der Waals surface area contributed by atoms with Gasteiger partial charge in [0.1, 0.15) is 0 Å². The first kappa shape index (κ1) is 26.8. The zero-order valence-electron chi connectivity index (χ0n) is 18.6. The second-order valence-corrected chi connectivity index (χ2v) is 9.17. The lowest BCUT2D eigenvalue weighted by molar-refractivity contribution is -0.137. The molecule has 0 aliphatic heterocycles. The molecule has 0 aliphatic rings. The van der Waals surface area contributed by atoms with E-state index in [2.05, 4.69) is 5.32 Å². The summed E-state index contributed by atoms with van der Waals surface area (Å²) < 4.78 is 59.3. The van der Waals surface area contributed by atoms with Crippen molar-refractivity contribution in [1.29, 1.82) is 0 Å². The Morgan fingerprint density at radius 1 is 0.811 bits per heavy atom. The molecular weight excluding hydrogens is 553 g/mol. The van der Waals surface area contributed by atoms with E-state index in [1.807, 2.05) is 0 Å². The van der Waals surface area contributed by atoms with Gasteiger partial charge in [-0.3, -0.25) is 4.79 Å². The third kappa shape index (κ3) is 6.55. The van der Waals surface area contributed by atoms with Crippen LogP contribution in [0, 0.1) is 5.82 Å². The highest BCUT2D eigenvalue weighted by molar-refractivity contribution is 6.35. The first-order valence-electron chi connectivity index (χ1n) is 10.7. The van der Waals surface area contributed by atoms with Crippen molar-refractivity contribution in [2.75, 3.05) is 5.32 Å². The fraction of sp³-hybridized carbons (Fsp3) is 0.0741. The number of nitrogens with one attached hydrogen (secondary N) is 1. The Kier molecular flexibility index (Phi) is 7.97. The third-order valence-corrected chi connectivity index (χ3v) is 6.14. The molecule has 4 aromatic carbocycles. The van der Waals surface area contributed by atoms with Crippen molar-refractivity contribution in [1.82, 2.24) is 0 Å². The Labute approximate surface area is 224 Å². The van der Waals surface area contributed by atoms with E-state index in [1.54, 1.807) is 42.5 Å². The average molecular weight is 569 g/mol. The summed E-state index contributed by atoms with van der Waals surface area (Å²) in [6.07, 6.45) is -5.34. The largest absolute Gasteiger partial charge is 0.478 e. The van der Waals surface area contributed by atoms with Crippen molar-refractivity contribution in [2.24, 2.45) is 0 Å². The molecule has 1 N–H and O–H groups in total. The maximum atomic E-state index is 15.0. The van der Waals surface area contributed by atoms with Crippen molar-refractivity contribution in [3.63, 3.8) is 0 Å². The zero-order chi connectivity index (χ0) is 26.7. The fourth-order valence-electron chi connectivity index (χ4n) is 3.48. The monoisotopic (exact) mass is 567 g/mol. The van der Waals surface area contributed by atoms with E-state index in [1.165, 1.54) is 12.1 Å². The van der Waals surface area contributed by atoms with Crippen LogP contribution in [0.3, 0.4) is 0 Å².